The average molecular weight is 193 g/mol. The molecule has 0 heterocycles. The second-order valence-corrected chi connectivity index (χ2v) is 3.56. The second-order valence-electron chi connectivity index (χ2n) is 3.56. The minimum absolute atomic E-state index is 0.0242. The topological polar surface area (TPSA) is 35.2 Å². The molecule has 2 nitrogen and oxygen atoms in total. The fraction of sp³-hybridized carbons (Fsp3) is 0.500. The lowest BCUT2D eigenvalue weighted by molar-refractivity contribution is 0.0387. The Bertz CT molecular complexity index is 246. The predicted octanol–water partition coefficient (Wildman–Crippen LogP) is 2.50. The maximum atomic E-state index is 5.88. The minimum Gasteiger partial charge on any atom is -0.372 e. The van der Waals surface area contributed by atoms with Crippen molar-refractivity contribution in [1.29, 1.82) is 0 Å². The van der Waals surface area contributed by atoms with Crippen molar-refractivity contribution in [3.05, 3.63) is 35.9 Å². The van der Waals surface area contributed by atoms with Crippen molar-refractivity contribution in [2.75, 3.05) is 6.61 Å². The van der Waals surface area contributed by atoms with E-state index in [0.717, 1.165) is 18.6 Å². The van der Waals surface area contributed by atoms with E-state index in [1.807, 2.05) is 25.1 Å². The monoisotopic (exact) mass is 193 g/mol. The SMILES string of the molecule is CCCOC(c1ccccc1)C(C)N. The van der Waals surface area contributed by atoms with Crippen molar-refractivity contribution >= 4 is 0 Å². The van der Waals surface area contributed by atoms with Gasteiger partial charge in [0.2, 0.25) is 0 Å². The number of ether oxygens (including phenoxy) is 1. The van der Waals surface area contributed by atoms with Crippen LogP contribution in [0.2, 0.25) is 0 Å². The Hall–Kier alpha value is -0.860. The van der Waals surface area contributed by atoms with Crippen LogP contribution in [0.3, 0.4) is 0 Å². The van der Waals surface area contributed by atoms with Gasteiger partial charge in [-0.25, -0.2) is 0 Å². The Morgan fingerprint density at radius 2 is 1.93 bits per heavy atom. The van der Waals surface area contributed by atoms with Gasteiger partial charge in [0.05, 0.1) is 6.10 Å². The van der Waals surface area contributed by atoms with E-state index in [1.54, 1.807) is 0 Å². The summed E-state index contributed by atoms with van der Waals surface area (Å²) >= 11 is 0. The highest BCUT2D eigenvalue weighted by molar-refractivity contribution is 5.18. The Morgan fingerprint density at radius 1 is 1.29 bits per heavy atom. The van der Waals surface area contributed by atoms with Gasteiger partial charge in [0.15, 0.2) is 0 Å². The average Bonchev–Trinajstić information content (AvgIpc) is 2.19. The van der Waals surface area contributed by atoms with Crippen LogP contribution in [0.1, 0.15) is 31.9 Å². The summed E-state index contributed by atoms with van der Waals surface area (Å²) in [4.78, 5) is 0. The van der Waals surface area contributed by atoms with Gasteiger partial charge < -0.3 is 10.5 Å². The van der Waals surface area contributed by atoms with Crippen molar-refractivity contribution in [3.63, 3.8) is 0 Å². The van der Waals surface area contributed by atoms with Crippen LogP contribution in [0.4, 0.5) is 0 Å². The zero-order chi connectivity index (χ0) is 10.4. The molecule has 14 heavy (non-hydrogen) atoms. The van der Waals surface area contributed by atoms with Crippen LogP contribution in [0.15, 0.2) is 30.3 Å². The van der Waals surface area contributed by atoms with Gasteiger partial charge >= 0.3 is 0 Å². The molecule has 1 aromatic carbocycles. The van der Waals surface area contributed by atoms with E-state index in [2.05, 4.69) is 19.1 Å². The van der Waals surface area contributed by atoms with Crippen LogP contribution in [0.25, 0.3) is 0 Å². The standard InChI is InChI=1S/C12H19NO/c1-3-9-14-12(10(2)13)11-7-5-4-6-8-11/h4-8,10,12H,3,9,13H2,1-2H3. The molecule has 78 valence electrons. The third-order valence-corrected chi connectivity index (χ3v) is 2.11. The zero-order valence-corrected chi connectivity index (χ0v) is 8.94. The zero-order valence-electron chi connectivity index (χ0n) is 8.94. The Morgan fingerprint density at radius 3 is 2.43 bits per heavy atom. The first-order chi connectivity index (χ1) is 6.75. The van der Waals surface area contributed by atoms with Crippen LogP contribution in [0, 0.1) is 0 Å². The minimum atomic E-state index is 0.0242. The van der Waals surface area contributed by atoms with Gasteiger partial charge in [-0.15, -0.1) is 0 Å². The molecule has 0 spiro atoms. The molecule has 0 radical (unpaired) electrons. The predicted molar refractivity (Wildman–Crippen MR) is 59.1 cm³/mol. The third kappa shape index (κ3) is 3.13. The van der Waals surface area contributed by atoms with E-state index in [0.29, 0.717) is 0 Å². The van der Waals surface area contributed by atoms with Gasteiger partial charge in [0, 0.05) is 12.6 Å². The van der Waals surface area contributed by atoms with Crippen LogP contribution >= 0.6 is 0 Å². The Labute approximate surface area is 86.1 Å². The summed E-state index contributed by atoms with van der Waals surface area (Å²) in [5.41, 5.74) is 7.05. The lowest BCUT2D eigenvalue weighted by Crippen LogP contribution is -2.27. The number of rotatable bonds is 5. The molecule has 0 amide bonds. The molecule has 2 atom stereocenters. The maximum Gasteiger partial charge on any atom is 0.0972 e. The van der Waals surface area contributed by atoms with Gasteiger partial charge in [-0.05, 0) is 18.9 Å². The van der Waals surface area contributed by atoms with Gasteiger partial charge in [-0.2, -0.15) is 0 Å². The van der Waals surface area contributed by atoms with E-state index >= 15 is 0 Å². The quantitative estimate of drug-likeness (QED) is 0.779. The molecular formula is C12H19NO. The molecule has 0 aromatic heterocycles. The van der Waals surface area contributed by atoms with E-state index in [1.165, 1.54) is 0 Å². The molecule has 0 aliphatic carbocycles. The summed E-state index contributed by atoms with van der Waals surface area (Å²) in [5, 5.41) is 0. The summed E-state index contributed by atoms with van der Waals surface area (Å²) in [7, 11) is 0. The fourth-order valence-electron chi connectivity index (χ4n) is 1.44. The van der Waals surface area contributed by atoms with Crippen LogP contribution in [-0.4, -0.2) is 12.6 Å². The number of hydrogen-bond donors (Lipinski definition) is 1. The maximum absolute atomic E-state index is 5.88. The normalized spacial score (nSPS) is 15.1. The summed E-state index contributed by atoms with van der Waals surface area (Å²) < 4.78 is 5.71. The van der Waals surface area contributed by atoms with Crippen LogP contribution in [0.5, 0.6) is 0 Å². The molecule has 2 heteroatoms. The molecule has 0 fully saturated rings. The van der Waals surface area contributed by atoms with E-state index in [9.17, 15) is 0 Å². The van der Waals surface area contributed by atoms with Crippen molar-refractivity contribution in [2.45, 2.75) is 32.4 Å². The molecule has 2 unspecified atom stereocenters. The highest BCUT2D eigenvalue weighted by Crippen LogP contribution is 2.19. The number of nitrogens with two attached hydrogens (primary N) is 1. The molecule has 2 N–H and O–H groups in total. The molecule has 0 saturated heterocycles. The van der Waals surface area contributed by atoms with E-state index < -0.39 is 0 Å². The lowest BCUT2D eigenvalue weighted by atomic mass is 10.0. The van der Waals surface area contributed by atoms with Gasteiger partial charge in [0.25, 0.3) is 0 Å². The van der Waals surface area contributed by atoms with E-state index in [-0.39, 0.29) is 12.1 Å². The first-order valence-corrected chi connectivity index (χ1v) is 5.17. The highest BCUT2D eigenvalue weighted by atomic mass is 16.5. The van der Waals surface area contributed by atoms with Crippen LogP contribution < -0.4 is 5.73 Å². The van der Waals surface area contributed by atoms with Crippen LogP contribution in [-0.2, 0) is 4.74 Å². The number of benzene rings is 1. The first kappa shape index (κ1) is 11.2. The van der Waals surface area contributed by atoms with Crippen molar-refractivity contribution in [1.82, 2.24) is 0 Å². The summed E-state index contributed by atoms with van der Waals surface area (Å²) in [6.45, 7) is 4.84. The lowest BCUT2D eigenvalue weighted by Gasteiger charge is -2.21. The summed E-state index contributed by atoms with van der Waals surface area (Å²) in [6.07, 6.45) is 1.05. The Balaban J connectivity index is 2.68. The molecule has 0 bridgehead atoms. The fourth-order valence-corrected chi connectivity index (χ4v) is 1.44. The van der Waals surface area contributed by atoms with Crippen molar-refractivity contribution in [2.24, 2.45) is 5.73 Å². The number of hydrogen-bond acceptors (Lipinski definition) is 2. The van der Waals surface area contributed by atoms with E-state index in [4.69, 9.17) is 10.5 Å². The molecule has 0 aliphatic rings. The molecule has 0 saturated carbocycles. The highest BCUT2D eigenvalue weighted by Gasteiger charge is 2.15. The Kier molecular flexibility index (Phi) is 4.63. The largest absolute Gasteiger partial charge is 0.372 e. The third-order valence-electron chi connectivity index (χ3n) is 2.11. The van der Waals surface area contributed by atoms with Gasteiger partial charge in [-0.1, -0.05) is 37.3 Å². The first-order valence-electron chi connectivity index (χ1n) is 5.17. The molecule has 1 aromatic rings. The molecule has 0 aliphatic heterocycles. The van der Waals surface area contributed by atoms with Gasteiger partial charge in [-0.3, -0.25) is 0 Å². The second kappa shape index (κ2) is 5.78. The smallest absolute Gasteiger partial charge is 0.0972 e. The summed E-state index contributed by atoms with van der Waals surface area (Å²) in [6, 6.07) is 10.2. The summed E-state index contributed by atoms with van der Waals surface area (Å²) in [5.74, 6) is 0. The van der Waals surface area contributed by atoms with Crippen molar-refractivity contribution in [3.8, 4) is 0 Å². The molecule has 1 rings (SSSR count). The molecular weight excluding hydrogens is 174 g/mol. The van der Waals surface area contributed by atoms with Gasteiger partial charge in [0.1, 0.15) is 0 Å². The van der Waals surface area contributed by atoms with Crippen molar-refractivity contribution < 1.29 is 4.74 Å².